The molecule has 0 fully saturated rings. The minimum absolute atomic E-state index is 0.369. The fraction of sp³-hybridized carbons (Fsp3) is 0.308. The number of aliphatic carboxylic acids is 1. The van der Waals surface area contributed by atoms with Crippen molar-refractivity contribution in [2.75, 3.05) is 11.3 Å². The van der Waals surface area contributed by atoms with Crippen molar-refractivity contribution < 1.29 is 18.3 Å². The summed E-state index contributed by atoms with van der Waals surface area (Å²) < 4.78 is 28.1. The van der Waals surface area contributed by atoms with E-state index in [9.17, 15) is 13.2 Å². The molecule has 3 N–H and O–H groups in total. The number of carbonyl (C=O) groups is 1. The predicted molar refractivity (Wildman–Crippen MR) is 78.7 cm³/mol. The van der Waals surface area contributed by atoms with Gasteiger partial charge < -0.3 is 5.11 Å². The molecule has 0 unspecified atom stereocenters. The normalized spacial score (nSPS) is 11.7. The molecule has 0 heterocycles. The minimum Gasteiger partial charge on any atom is -0.478 e. The lowest BCUT2D eigenvalue weighted by Crippen LogP contribution is -2.30. The summed E-state index contributed by atoms with van der Waals surface area (Å²) in [5, 5.41) is 8.57. The lowest BCUT2D eigenvalue weighted by Gasteiger charge is -2.10. The first kappa shape index (κ1) is 16.2. The standard InChI is InChI=1S/C13H18N2O4S/c1-3-8-14-20(18,19)15-12-6-4-11(10(2)9-12)5-7-13(16)17/h4-7,9,14-15H,3,8H2,1-2H3,(H,16,17)/b7-5+. The zero-order chi connectivity index (χ0) is 15.2. The Balaban J connectivity index is 2.85. The minimum atomic E-state index is -3.56. The van der Waals surface area contributed by atoms with Crippen molar-refractivity contribution in [2.45, 2.75) is 20.3 Å². The average Bonchev–Trinajstić information content (AvgIpc) is 2.35. The number of rotatable bonds is 7. The summed E-state index contributed by atoms with van der Waals surface area (Å²) in [6.45, 7) is 4.02. The van der Waals surface area contributed by atoms with Gasteiger partial charge in [0.25, 0.3) is 10.2 Å². The molecule has 0 aliphatic heterocycles. The van der Waals surface area contributed by atoms with E-state index in [1.807, 2.05) is 6.92 Å². The molecular formula is C13H18N2O4S. The number of nitrogens with one attached hydrogen (secondary N) is 2. The third kappa shape index (κ3) is 5.41. The van der Waals surface area contributed by atoms with Gasteiger partial charge >= 0.3 is 5.97 Å². The maximum atomic E-state index is 11.7. The van der Waals surface area contributed by atoms with Crippen LogP contribution in [0.1, 0.15) is 24.5 Å². The summed E-state index contributed by atoms with van der Waals surface area (Å²) in [7, 11) is -3.56. The number of hydrogen-bond acceptors (Lipinski definition) is 3. The second-order valence-electron chi connectivity index (χ2n) is 4.24. The average molecular weight is 298 g/mol. The Labute approximate surface area is 118 Å². The highest BCUT2D eigenvalue weighted by atomic mass is 32.2. The van der Waals surface area contributed by atoms with Gasteiger partial charge in [-0.3, -0.25) is 4.72 Å². The first-order chi connectivity index (χ1) is 9.34. The topological polar surface area (TPSA) is 95.5 Å². The SMILES string of the molecule is CCCNS(=O)(=O)Nc1ccc(/C=C/C(=O)O)c(C)c1. The Kier molecular flexibility index (Phi) is 5.72. The van der Waals surface area contributed by atoms with Crippen molar-refractivity contribution >= 4 is 27.9 Å². The highest BCUT2D eigenvalue weighted by Gasteiger charge is 2.08. The fourth-order valence-corrected chi connectivity index (χ4v) is 2.50. The largest absolute Gasteiger partial charge is 0.478 e. The molecule has 6 nitrogen and oxygen atoms in total. The number of aryl methyl sites for hydroxylation is 1. The molecule has 0 bridgehead atoms. The van der Waals surface area contributed by atoms with Crippen LogP contribution >= 0.6 is 0 Å². The number of carboxylic acid groups (broad SMARTS) is 1. The second-order valence-corrected chi connectivity index (χ2v) is 5.74. The van der Waals surface area contributed by atoms with Gasteiger partial charge in [0.1, 0.15) is 0 Å². The van der Waals surface area contributed by atoms with Gasteiger partial charge in [0, 0.05) is 12.6 Å². The number of hydrogen-bond donors (Lipinski definition) is 3. The van der Waals surface area contributed by atoms with Crippen molar-refractivity contribution in [1.29, 1.82) is 0 Å². The zero-order valence-electron chi connectivity index (χ0n) is 11.4. The van der Waals surface area contributed by atoms with Crippen LogP contribution < -0.4 is 9.44 Å². The zero-order valence-corrected chi connectivity index (χ0v) is 12.2. The predicted octanol–water partition coefficient (Wildman–Crippen LogP) is 1.75. The summed E-state index contributed by atoms with van der Waals surface area (Å²) >= 11 is 0. The van der Waals surface area contributed by atoms with Gasteiger partial charge in [-0.05, 0) is 42.7 Å². The summed E-state index contributed by atoms with van der Waals surface area (Å²) in [5.41, 5.74) is 1.92. The first-order valence-electron chi connectivity index (χ1n) is 6.13. The molecule has 20 heavy (non-hydrogen) atoms. The number of anilines is 1. The summed E-state index contributed by atoms with van der Waals surface area (Å²) in [4.78, 5) is 10.5. The summed E-state index contributed by atoms with van der Waals surface area (Å²) in [6, 6.07) is 4.89. The lowest BCUT2D eigenvalue weighted by atomic mass is 10.1. The molecule has 1 rings (SSSR count). The van der Waals surface area contributed by atoms with Crippen LogP contribution in [0, 0.1) is 6.92 Å². The number of benzene rings is 1. The van der Waals surface area contributed by atoms with Gasteiger partial charge in [-0.1, -0.05) is 13.0 Å². The van der Waals surface area contributed by atoms with Gasteiger partial charge in [-0.25, -0.2) is 4.79 Å². The smallest absolute Gasteiger partial charge is 0.328 e. The third-order valence-corrected chi connectivity index (χ3v) is 3.56. The van der Waals surface area contributed by atoms with Crippen molar-refractivity contribution in [3.63, 3.8) is 0 Å². The molecule has 1 aromatic carbocycles. The van der Waals surface area contributed by atoms with Crippen molar-refractivity contribution in [1.82, 2.24) is 4.72 Å². The van der Waals surface area contributed by atoms with E-state index in [4.69, 9.17) is 5.11 Å². The maximum absolute atomic E-state index is 11.7. The molecule has 0 saturated heterocycles. The van der Waals surface area contributed by atoms with E-state index < -0.39 is 16.2 Å². The van der Waals surface area contributed by atoms with E-state index in [2.05, 4.69) is 9.44 Å². The van der Waals surface area contributed by atoms with Crippen LogP contribution in [0.3, 0.4) is 0 Å². The van der Waals surface area contributed by atoms with Crippen molar-refractivity contribution in [3.8, 4) is 0 Å². The van der Waals surface area contributed by atoms with Crippen LogP contribution in [-0.4, -0.2) is 26.0 Å². The molecule has 0 radical (unpaired) electrons. The van der Waals surface area contributed by atoms with Gasteiger partial charge in [-0.2, -0.15) is 13.1 Å². The molecule has 110 valence electrons. The molecule has 1 aromatic rings. The van der Waals surface area contributed by atoms with Gasteiger partial charge in [0.2, 0.25) is 0 Å². The quantitative estimate of drug-likeness (QED) is 0.668. The lowest BCUT2D eigenvalue weighted by molar-refractivity contribution is -0.131. The third-order valence-electron chi connectivity index (χ3n) is 2.47. The second kappa shape index (κ2) is 7.06. The molecule has 0 atom stereocenters. The number of carboxylic acids is 1. The fourth-order valence-electron chi connectivity index (χ4n) is 1.51. The highest BCUT2D eigenvalue weighted by molar-refractivity contribution is 7.90. The van der Waals surface area contributed by atoms with E-state index in [0.717, 1.165) is 17.2 Å². The maximum Gasteiger partial charge on any atom is 0.328 e. The molecular weight excluding hydrogens is 280 g/mol. The van der Waals surface area contributed by atoms with Crippen LogP contribution in [0.15, 0.2) is 24.3 Å². The summed E-state index contributed by atoms with van der Waals surface area (Å²) in [6.07, 6.45) is 3.21. The van der Waals surface area contributed by atoms with E-state index >= 15 is 0 Å². The molecule has 0 amide bonds. The van der Waals surface area contributed by atoms with Crippen molar-refractivity contribution in [3.05, 3.63) is 35.4 Å². The molecule has 0 aromatic heterocycles. The molecule has 0 aliphatic carbocycles. The molecule has 0 saturated carbocycles. The van der Waals surface area contributed by atoms with E-state index in [0.29, 0.717) is 18.7 Å². The Hall–Kier alpha value is -1.86. The highest BCUT2D eigenvalue weighted by Crippen LogP contribution is 2.17. The summed E-state index contributed by atoms with van der Waals surface area (Å²) in [5.74, 6) is -1.03. The Morgan fingerprint density at radius 3 is 2.65 bits per heavy atom. The Morgan fingerprint density at radius 2 is 2.10 bits per heavy atom. The van der Waals surface area contributed by atoms with Gasteiger partial charge in [0.15, 0.2) is 0 Å². The van der Waals surface area contributed by atoms with Crippen LogP contribution in [0.25, 0.3) is 6.08 Å². The van der Waals surface area contributed by atoms with Crippen LogP contribution in [0.5, 0.6) is 0 Å². The van der Waals surface area contributed by atoms with Crippen molar-refractivity contribution in [2.24, 2.45) is 0 Å². The molecule has 7 heteroatoms. The van der Waals surface area contributed by atoms with E-state index in [1.54, 1.807) is 25.1 Å². The van der Waals surface area contributed by atoms with Crippen LogP contribution in [0.2, 0.25) is 0 Å². The van der Waals surface area contributed by atoms with Gasteiger partial charge in [-0.15, -0.1) is 0 Å². The van der Waals surface area contributed by atoms with Gasteiger partial charge in [0.05, 0.1) is 5.69 Å². The molecule has 0 spiro atoms. The first-order valence-corrected chi connectivity index (χ1v) is 7.61. The van der Waals surface area contributed by atoms with E-state index in [1.165, 1.54) is 6.08 Å². The van der Waals surface area contributed by atoms with Crippen LogP contribution in [0.4, 0.5) is 5.69 Å². The monoisotopic (exact) mass is 298 g/mol. The molecule has 0 aliphatic rings. The Bertz CT molecular complexity index is 609. The Morgan fingerprint density at radius 1 is 1.40 bits per heavy atom. The van der Waals surface area contributed by atoms with Crippen LogP contribution in [-0.2, 0) is 15.0 Å². The van der Waals surface area contributed by atoms with E-state index in [-0.39, 0.29) is 0 Å².